The van der Waals surface area contributed by atoms with Crippen LogP contribution in [0.3, 0.4) is 0 Å². The Morgan fingerprint density at radius 2 is 1.76 bits per heavy atom. The predicted octanol–water partition coefficient (Wildman–Crippen LogP) is 5.49. The highest BCUT2D eigenvalue weighted by Gasteiger charge is 2.30. The van der Waals surface area contributed by atoms with Crippen LogP contribution in [0.25, 0.3) is 0 Å². The number of likely N-dealkylation sites (tertiary alicyclic amines) is 1. The van der Waals surface area contributed by atoms with Crippen LogP contribution in [0.2, 0.25) is 0 Å². The number of anilines is 1. The zero-order valence-corrected chi connectivity index (χ0v) is 18.8. The summed E-state index contributed by atoms with van der Waals surface area (Å²) in [5.74, 6) is -1.06. The van der Waals surface area contributed by atoms with Gasteiger partial charge in [0.25, 0.3) is 0 Å². The summed E-state index contributed by atoms with van der Waals surface area (Å²) >= 11 is 0. The molecule has 1 saturated carbocycles. The highest BCUT2D eigenvalue weighted by atomic mass is 19.1. The van der Waals surface area contributed by atoms with Gasteiger partial charge in [-0.1, -0.05) is 12.1 Å². The van der Waals surface area contributed by atoms with Gasteiger partial charge in [0, 0.05) is 30.9 Å². The van der Waals surface area contributed by atoms with Crippen LogP contribution in [0.5, 0.6) is 0 Å². The number of carbonyl (C=O) groups excluding carboxylic acids is 1. The van der Waals surface area contributed by atoms with Crippen molar-refractivity contribution in [3.8, 4) is 6.07 Å². The Bertz CT molecular complexity index is 987. The molecule has 0 aromatic heterocycles. The number of carbonyl (C=O) groups is 1. The number of amides is 2. The maximum atomic E-state index is 13.6. The molecule has 7 heteroatoms. The third kappa shape index (κ3) is 6.08. The van der Waals surface area contributed by atoms with E-state index in [0.29, 0.717) is 18.0 Å². The van der Waals surface area contributed by atoms with Gasteiger partial charge in [-0.05, 0) is 87.4 Å². The highest BCUT2D eigenvalue weighted by molar-refractivity contribution is 5.89. The molecule has 2 aromatic carbocycles. The molecule has 0 spiro atoms. The van der Waals surface area contributed by atoms with Crippen molar-refractivity contribution in [2.24, 2.45) is 0 Å². The third-order valence-corrected chi connectivity index (χ3v) is 6.86. The van der Waals surface area contributed by atoms with Gasteiger partial charge in [0.2, 0.25) is 0 Å². The van der Waals surface area contributed by atoms with Crippen molar-refractivity contribution in [2.75, 3.05) is 31.5 Å². The Morgan fingerprint density at radius 1 is 1.06 bits per heavy atom. The molecular formula is C26H30F2N4O. The maximum absolute atomic E-state index is 13.6. The lowest BCUT2D eigenvalue weighted by Gasteiger charge is -2.38. The Kier molecular flexibility index (Phi) is 7.56. The molecular weight excluding hydrogens is 422 g/mol. The smallest absolute Gasteiger partial charge is 0.320 e. The second kappa shape index (κ2) is 10.8. The first-order valence-electron chi connectivity index (χ1n) is 11.8. The summed E-state index contributed by atoms with van der Waals surface area (Å²) in [5, 5.41) is 11.9. The van der Waals surface area contributed by atoms with Crippen LogP contribution in [-0.2, 0) is 0 Å². The van der Waals surface area contributed by atoms with E-state index >= 15 is 0 Å². The lowest BCUT2D eigenvalue weighted by Crippen LogP contribution is -2.47. The first kappa shape index (κ1) is 23.2. The summed E-state index contributed by atoms with van der Waals surface area (Å²) in [5.41, 5.74) is 1.98. The molecule has 1 heterocycles. The summed E-state index contributed by atoms with van der Waals surface area (Å²) in [6, 6.07) is 12.8. The van der Waals surface area contributed by atoms with Gasteiger partial charge in [-0.15, -0.1) is 0 Å². The fourth-order valence-corrected chi connectivity index (χ4v) is 5.11. The molecule has 1 aliphatic heterocycles. The number of hydrogen-bond acceptors (Lipinski definition) is 3. The van der Waals surface area contributed by atoms with Crippen LogP contribution >= 0.6 is 0 Å². The van der Waals surface area contributed by atoms with Crippen molar-refractivity contribution in [1.29, 1.82) is 5.26 Å². The van der Waals surface area contributed by atoms with E-state index in [1.807, 2.05) is 23.1 Å². The van der Waals surface area contributed by atoms with Crippen LogP contribution in [0.4, 0.5) is 19.3 Å². The van der Waals surface area contributed by atoms with Crippen molar-refractivity contribution in [3.05, 3.63) is 65.2 Å². The van der Waals surface area contributed by atoms with Crippen molar-refractivity contribution >= 4 is 11.7 Å². The normalized spacial score (nSPS) is 20.9. The monoisotopic (exact) mass is 452 g/mol. The average Bonchev–Trinajstić information content (AvgIpc) is 3.33. The van der Waals surface area contributed by atoms with Crippen LogP contribution in [0.15, 0.2) is 42.5 Å². The molecule has 2 aromatic rings. The first-order chi connectivity index (χ1) is 16.0. The largest absolute Gasteiger partial charge is 0.322 e. The van der Waals surface area contributed by atoms with E-state index < -0.39 is 11.6 Å². The van der Waals surface area contributed by atoms with Gasteiger partial charge >= 0.3 is 6.03 Å². The Labute approximate surface area is 194 Å². The second-order valence-corrected chi connectivity index (χ2v) is 9.07. The molecule has 0 atom stereocenters. The van der Waals surface area contributed by atoms with Crippen LogP contribution in [0.1, 0.15) is 55.6 Å². The quantitative estimate of drug-likeness (QED) is 0.630. The SMILES string of the molecule is N#Cc1cccc(C2CCC(N(CCN3CCCC3)C(=O)Nc3cc(F)cc(F)c3)CC2)c1. The summed E-state index contributed by atoms with van der Waals surface area (Å²) < 4.78 is 27.2. The molecule has 174 valence electrons. The first-order valence-corrected chi connectivity index (χ1v) is 11.8. The summed E-state index contributed by atoms with van der Waals surface area (Å²) in [7, 11) is 0. The molecule has 0 bridgehead atoms. The van der Waals surface area contributed by atoms with Gasteiger partial charge in [-0.25, -0.2) is 13.6 Å². The molecule has 0 unspecified atom stereocenters. The number of nitrogens with one attached hydrogen (secondary N) is 1. The van der Waals surface area contributed by atoms with E-state index in [-0.39, 0.29) is 17.8 Å². The van der Waals surface area contributed by atoms with Crippen molar-refractivity contribution in [1.82, 2.24) is 9.80 Å². The van der Waals surface area contributed by atoms with Gasteiger partial charge in [0.15, 0.2) is 0 Å². The second-order valence-electron chi connectivity index (χ2n) is 9.07. The summed E-state index contributed by atoms with van der Waals surface area (Å²) in [6.45, 7) is 3.48. The van der Waals surface area contributed by atoms with E-state index in [2.05, 4.69) is 22.4 Å². The number of urea groups is 1. The van der Waals surface area contributed by atoms with Gasteiger partial charge < -0.3 is 15.1 Å². The third-order valence-electron chi connectivity index (χ3n) is 6.86. The van der Waals surface area contributed by atoms with Gasteiger partial charge in [-0.3, -0.25) is 0 Å². The molecule has 4 rings (SSSR count). The Morgan fingerprint density at radius 3 is 2.42 bits per heavy atom. The van der Waals surface area contributed by atoms with Gasteiger partial charge in [0.05, 0.1) is 11.6 Å². The zero-order chi connectivity index (χ0) is 23.2. The molecule has 2 fully saturated rings. The molecule has 1 N–H and O–H groups in total. The minimum absolute atomic E-state index is 0.0707. The number of rotatable bonds is 6. The highest BCUT2D eigenvalue weighted by Crippen LogP contribution is 2.35. The van der Waals surface area contributed by atoms with Crippen LogP contribution < -0.4 is 5.32 Å². The van der Waals surface area contributed by atoms with E-state index in [9.17, 15) is 18.8 Å². The van der Waals surface area contributed by atoms with E-state index in [4.69, 9.17) is 0 Å². The van der Waals surface area contributed by atoms with Crippen molar-refractivity contribution in [3.63, 3.8) is 0 Å². The topological polar surface area (TPSA) is 59.4 Å². The fraction of sp³-hybridized carbons (Fsp3) is 0.462. The van der Waals surface area contributed by atoms with Crippen molar-refractivity contribution in [2.45, 2.75) is 50.5 Å². The number of nitrogens with zero attached hydrogens (tertiary/aromatic N) is 3. The van der Waals surface area contributed by atoms with Crippen LogP contribution in [0, 0.1) is 23.0 Å². The maximum Gasteiger partial charge on any atom is 0.322 e. The van der Waals surface area contributed by atoms with Crippen LogP contribution in [-0.4, -0.2) is 48.1 Å². The zero-order valence-electron chi connectivity index (χ0n) is 18.8. The average molecular weight is 453 g/mol. The van der Waals surface area contributed by atoms with E-state index in [1.165, 1.54) is 18.4 Å². The molecule has 33 heavy (non-hydrogen) atoms. The molecule has 1 saturated heterocycles. The van der Waals surface area contributed by atoms with Gasteiger partial charge in [-0.2, -0.15) is 5.26 Å². The minimum atomic E-state index is -0.714. The molecule has 5 nitrogen and oxygen atoms in total. The molecule has 2 aliphatic rings. The minimum Gasteiger partial charge on any atom is -0.320 e. The number of halogens is 2. The summed E-state index contributed by atoms with van der Waals surface area (Å²) in [4.78, 5) is 17.4. The summed E-state index contributed by atoms with van der Waals surface area (Å²) in [6.07, 6.45) is 5.94. The fourth-order valence-electron chi connectivity index (χ4n) is 5.11. The lowest BCUT2D eigenvalue weighted by molar-refractivity contribution is 0.151. The Balaban J connectivity index is 1.43. The number of benzene rings is 2. The molecule has 1 aliphatic carbocycles. The molecule has 0 radical (unpaired) electrons. The van der Waals surface area contributed by atoms with E-state index in [1.54, 1.807) is 0 Å². The Hall–Kier alpha value is -2.98. The standard InChI is InChI=1S/C26H30F2N4O/c27-22-15-23(28)17-24(16-22)30-26(33)32(13-12-31-10-1-2-11-31)25-8-6-20(7-9-25)21-5-3-4-19(14-21)18-29/h3-5,14-17,20,25H,1-2,6-13H2,(H,30,33). The van der Waals surface area contributed by atoms with Gasteiger partial charge in [0.1, 0.15) is 11.6 Å². The predicted molar refractivity (Wildman–Crippen MR) is 124 cm³/mol. The van der Waals surface area contributed by atoms with E-state index in [0.717, 1.165) is 63.5 Å². The number of nitriles is 1. The number of hydrogen-bond donors (Lipinski definition) is 1. The lowest BCUT2D eigenvalue weighted by atomic mass is 9.81. The molecule has 2 amide bonds. The van der Waals surface area contributed by atoms with Crippen molar-refractivity contribution < 1.29 is 13.6 Å².